The fourth-order valence-electron chi connectivity index (χ4n) is 2.05. The van der Waals surface area contributed by atoms with Gasteiger partial charge in [0.1, 0.15) is 0 Å². The molecule has 2 rings (SSSR count). The van der Waals surface area contributed by atoms with Gasteiger partial charge in [0, 0.05) is 17.7 Å². The zero-order valence-electron chi connectivity index (χ0n) is 13.1. The van der Waals surface area contributed by atoms with E-state index in [4.69, 9.17) is 12.2 Å². The van der Waals surface area contributed by atoms with Gasteiger partial charge < -0.3 is 5.73 Å². The molecule has 108 valence electrons. The first-order valence-electron chi connectivity index (χ1n) is 7.20. The van der Waals surface area contributed by atoms with E-state index in [0.29, 0.717) is 6.42 Å². The first-order valence-corrected chi connectivity index (χ1v) is 7.20. The lowest BCUT2D eigenvalue weighted by molar-refractivity contribution is 1.32. The fourth-order valence-corrected chi connectivity index (χ4v) is 2.05. The third-order valence-corrected chi connectivity index (χ3v) is 3.21. The summed E-state index contributed by atoms with van der Waals surface area (Å²) in [4.78, 5) is 0. The van der Waals surface area contributed by atoms with Crippen LogP contribution in [0.4, 0.5) is 5.69 Å². The second-order valence-corrected chi connectivity index (χ2v) is 4.60. The normalized spacial score (nSPS) is 9.24. The number of rotatable bonds is 3. The number of hydrogen-bond acceptors (Lipinski definition) is 1. The Morgan fingerprint density at radius 2 is 1.76 bits per heavy atom. The maximum atomic E-state index is 6.18. The van der Waals surface area contributed by atoms with Crippen LogP contribution in [0, 0.1) is 19.3 Å². The average molecular weight is 277 g/mol. The number of hydrogen-bond donors (Lipinski definition) is 1. The van der Waals surface area contributed by atoms with Crippen LogP contribution in [0.1, 0.15) is 36.1 Å². The molecule has 0 saturated heterocycles. The van der Waals surface area contributed by atoms with Crippen molar-refractivity contribution in [3.05, 3.63) is 71.3 Å². The van der Waals surface area contributed by atoms with Crippen LogP contribution in [0.25, 0.3) is 5.57 Å². The topological polar surface area (TPSA) is 26.0 Å². The molecule has 0 saturated carbocycles. The Morgan fingerprint density at radius 1 is 1.14 bits per heavy atom. The second-order valence-electron chi connectivity index (χ2n) is 4.60. The van der Waals surface area contributed by atoms with E-state index in [2.05, 4.69) is 43.7 Å². The molecule has 0 unspecified atom stereocenters. The molecular formula is C20H23N. The molecule has 1 nitrogen and oxygen atoms in total. The number of terminal acetylenes is 1. The van der Waals surface area contributed by atoms with Gasteiger partial charge in [0.05, 0.1) is 0 Å². The SMILES string of the molecule is C#CCc1cccc(C(=C)c2ccc(C)cc2)c1N.CC. The predicted molar refractivity (Wildman–Crippen MR) is 94.1 cm³/mol. The molecule has 0 aliphatic rings. The number of benzene rings is 2. The lowest BCUT2D eigenvalue weighted by Gasteiger charge is -2.12. The molecule has 0 aliphatic carbocycles. The van der Waals surface area contributed by atoms with Crippen LogP contribution in [0.5, 0.6) is 0 Å². The number of nitrogens with two attached hydrogens (primary N) is 1. The summed E-state index contributed by atoms with van der Waals surface area (Å²) in [6, 6.07) is 14.2. The first kappa shape index (κ1) is 16.6. The van der Waals surface area contributed by atoms with Gasteiger partial charge in [0.2, 0.25) is 0 Å². The third-order valence-electron chi connectivity index (χ3n) is 3.21. The van der Waals surface area contributed by atoms with Crippen LogP contribution in [-0.2, 0) is 6.42 Å². The van der Waals surface area contributed by atoms with Crippen LogP contribution in [0.2, 0.25) is 0 Å². The predicted octanol–water partition coefficient (Wildman–Crippen LogP) is 4.84. The molecule has 21 heavy (non-hydrogen) atoms. The van der Waals surface area contributed by atoms with Gasteiger partial charge >= 0.3 is 0 Å². The van der Waals surface area contributed by atoms with Crippen molar-refractivity contribution in [1.82, 2.24) is 0 Å². The van der Waals surface area contributed by atoms with Crippen molar-refractivity contribution in [2.24, 2.45) is 0 Å². The molecule has 2 aromatic rings. The molecule has 2 N–H and O–H groups in total. The van der Waals surface area contributed by atoms with E-state index in [9.17, 15) is 0 Å². The smallest absolute Gasteiger partial charge is 0.0436 e. The van der Waals surface area contributed by atoms with Gasteiger partial charge in [-0.1, -0.05) is 68.5 Å². The molecular weight excluding hydrogens is 254 g/mol. The Bertz CT molecular complexity index is 643. The van der Waals surface area contributed by atoms with Crippen molar-refractivity contribution in [1.29, 1.82) is 0 Å². The maximum absolute atomic E-state index is 6.18. The summed E-state index contributed by atoms with van der Waals surface area (Å²) < 4.78 is 0. The lowest BCUT2D eigenvalue weighted by Crippen LogP contribution is -1.99. The Hall–Kier alpha value is -2.46. The molecule has 0 bridgehead atoms. The molecule has 0 spiro atoms. The Balaban J connectivity index is 0.00000106. The molecule has 0 aromatic heterocycles. The van der Waals surface area contributed by atoms with Gasteiger partial charge in [-0.3, -0.25) is 0 Å². The van der Waals surface area contributed by atoms with Crippen LogP contribution in [-0.4, -0.2) is 0 Å². The van der Waals surface area contributed by atoms with Crippen LogP contribution in [0.3, 0.4) is 0 Å². The van der Waals surface area contributed by atoms with E-state index in [1.165, 1.54) is 5.56 Å². The van der Waals surface area contributed by atoms with Gasteiger partial charge in [-0.25, -0.2) is 0 Å². The first-order chi connectivity index (χ1) is 10.1. The largest absolute Gasteiger partial charge is 0.398 e. The Morgan fingerprint density at radius 3 is 2.33 bits per heavy atom. The number of aryl methyl sites for hydroxylation is 1. The summed E-state index contributed by atoms with van der Waals surface area (Å²) in [5.74, 6) is 2.63. The van der Waals surface area contributed by atoms with Gasteiger partial charge in [0.25, 0.3) is 0 Å². The third kappa shape index (κ3) is 4.00. The highest BCUT2D eigenvalue weighted by atomic mass is 14.6. The van der Waals surface area contributed by atoms with Gasteiger partial charge in [-0.15, -0.1) is 12.3 Å². The van der Waals surface area contributed by atoms with Crippen molar-refractivity contribution in [3.8, 4) is 12.3 Å². The van der Waals surface area contributed by atoms with Crippen LogP contribution in [0.15, 0.2) is 49.0 Å². The average Bonchev–Trinajstić information content (AvgIpc) is 2.52. The van der Waals surface area contributed by atoms with Gasteiger partial charge in [0.15, 0.2) is 0 Å². The summed E-state index contributed by atoms with van der Waals surface area (Å²) in [5, 5.41) is 0. The fraction of sp³-hybridized carbons (Fsp3) is 0.200. The number of nitrogen functional groups attached to an aromatic ring is 1. The van der Waals surface area contributed by atoms with Crippen LogP contribution >= 0.6 is 0 Å². The van der Waals surface area contributed by atoms with Gasteiger partial charge in [-0.2, -0.15) is 0 Å². The summed E-state index contributed by atoms with van der Waals surface area (Å²) in [5.41, 5.74) is 12.1. The molecule has 0 aliphatic heterocycles. The highest BCUT2D eigenvalue weighted by molar-refractivity contribution is 5.85. The lowest BCUT2D eigenvalue weighted by atomic mass is 9.94. The van der Waals surface area contributed by atoms with Crippen molar-refractivity contribution in [3.63, 3.8) is 0 Å². The highest BCUT2D eigenvalue weighted by Crippen LogP contribution is 2.29. The van der Waals surface area contributed by atoms with E-state index in [-0.39, 0.29) is 0 Å². The number of anilines is 1. The van der Waals surface area contributed by atoms with E-state index in [0.717, 1.165) is 28.0 Å². The van der Waals surface area contributed by atoms with Crippen molar-refractivity contribution >= 4 is 11.3 Å². The second kappa shape index (κ2) is 7.97. The Labute approximate surface area is 128 Å². The van der Waals surface area contributed by atoms with E-state index >= 15 is 0 Å². The molecule has 0 fully saturated rings. The van der Waals surface area contributed by atoms with Crippen molar-refractivity contribution < 1.29 is 0 Å². The molecule has 1 heteroatoms. The molecule has 0 atom stereocenters. The van der Waals surface area contributed by atoms with E-state index in [1.807, 2.05) is 32.0 Å². The molecule has 0 amide bonds. The quantitative estimate of drug-likeness (QED) is 0.630. The minimum Gasteiger partial charge on any atom is -0.398 e. The van der Waals surface area contributed by atoms with E-state index in [1.54, 1.807) is 0 Å². The summed E-state index contributed by atoms with van der Waals surface area (Å²) in [6.07, 6.45) is 5.90. The monoisotopic (exact) mass is 277 g/mol. The summed E-state index contributed by atoms with van der Waals surface area (Å²) >= 11 is 0. The minimum atomic E-state index is 0.543. The zero-order chi connectivity index (χ0) is 15.8. The van der Waals surface area contributed by atoms with Crippen LogP contribution < -0.4 is 5.73 Å². The van der Waals surface area contributed by atoms with Crippen molar-refractivity contribution in [2.45, 2.75) is 27.2 Å². The van der Waals surface area contributed by atoms with Crippen molar-refractivity contribution in [2.75, 3.05) is 5.73 Å². The molecule has 2 aromatic carbocycles. The highest BCUT2D eigenvalue weighted by Gasteiger charge is 2.08. The summed E-state index contributed by atoms with van der Waals surface area (Å²) in [7, 11) is 0. The summed E-state index contributed by atoms with van der Waals surface area (Å²) in [6.45, 7) is 10.2. The Kier molecular flexibility index (Phi) is 6.30. The minimum absolute atomic E-state index is 0.543. The number of para-hydroxylation sites is 1. The standard InChI is InChI=1S/C18H17N.C2H6/c1-4-6-16-7-5-8-17(18(16)19)14(3)15-11-9-13(2)10-12-15;1-2/h1,5,7-12H,3,6,19H2,2H3;1-2H3. The zero-order valence-corrected chi connectivity index (χ0v) is 13.1. The molecule has 0 radical (unpaired) electrons. The van der Waals surface area contributed by atoms with E-state index < -0.39 is 0 Å². The maximum Gasteiger partial charge on any atom is 0.0436 e. The molecule has 0 heterocycles. The van der Waals surface area contributed by atoms with Gasteiger partial charge in [-0.05, 0) is 23.6 Å².